The highest BCUT2D eigenvalue weighted by Crippen LogP contribution is 2.29. The normalized spacial score (nSPS) is 14.7. The monoisotopic (exact) mass is 614 g/mol. The van der Waals surface area contributed by atoms with E-state index in [2.05, 4.69) is 37.2 Å². The van der Waals surface area contributed by atoms with Crippen LogP contribution in [0.1, 0.15) is 21.5 Å². The number of hydrogen-bond acceptors (Lipinski definition) is 5. The number of hydrogen-bond donors (Lipinski definition) is 2. The minimum atomic E-state index is -1.14. The van der Waals surface area contributed by atoms with E-state index in [9.17, 15) is 19.5 Å². The maximum absolute atomic E-state index is 13.2. The van der Waals surface area contributed by atoms with Crippen molar-refractivity contribution in [2.45, 2.75) is 6.61 Å². The highest BCUT2D eigenvalue weighted by atomic mass is 79.9. The Balaban J connectivity index is 1.57. The van der Waals surface area contributed by atoms with Crippen LogP contribution in [0.15, 0.2) is 81.2 Å². The van der Waals surface area contributed by atoms with E-state index in [-0.39, 0.29) is 21.9 Å². The summed E-state index contributed by atoms with van der Waals surface area (Å²) in [5, 5.41) is 11.6. The molecule has 0 saturated carbocycles. The summed E-state index contributed by atoms with van der Waals surface area (Å²) < 4.78 is 7.50. The van der Waals surface area contributed by atoms with Crippen LogP contribution in [0.3, 0.4) is 0 Å². The Bertz CT molecular complexity index is 1390. The van der Waals surface area contributed by atoms with E-state index in [1.165, 1.54) is 24.3 Å². The first-order valence-electron chi connectivity index (χ1n) is 10.1. The first kappa shape index (κ1) is 24.8. The molecule has 3 aromatic rings. The fourth-order valence-electron chi connectivity index (χ4n) is 3.30. The Kier molecular flexibility index (Phi) is 7.44. The van der Waals surface area contributed by atoms with Crippen LogP contribution in [-0.4, -0.2) is 28.0 Å². The lowest BCUT2D eigenvalue weighted by molar-refractivity contribution is -0.122. The summed E-state index contributed by atoms with van der Waals surface area (Å²) in [5.41, 5.74) is 1.67. The number of carboxylic acids is 1. The van der Waals surface area contributed by atoms with Crippen molar-refractivity contribution in [2.75, 3.05) is 4.90 Å². The number of amides is 2. The third-order valence-electron chi connectivity index (χ3n) is 5.03. The molecule has 4 rings (SSSR count). The maximum atomic E-state index is 13.2. The molecule has 0 aliphatic carbocycles. The number of carbonyl (C=O) groups is 3. The summed E-state index contributed by atoms with van der Waals surface area (Å²) in [4.78, 5) is 38.2. The van der Waals surface area contributed by atoms with Crippen LogP contribution in [0.4, 0.5) is 5.69 Å². The zero-order valence-corrected chi connectivity index (χ0v) is 21.8. The Morgan fingerprint density at radius 2 is 1.80 bits per heavy atom. The van der Waals surface area contributed by atoms with Gasteiger partial charge in [-0.25, -0.2) is 4.79 Å². The second-order valence-electron chi connectivity index (χ2n) is 7.42. The Labute approximate surface area is 222 Å². The van der Waals surface area contributed by atoms with Crippen LogP contribution in [0, 0.1) is 0 Å². The van der Waals surface area contributed by atoms with Crippen LogP contribution in [0.5, 0.6) is 5.75 Å². The second-order valence-corrected chi connectivity index (χ2v) is 9.58. The quantitative estimate of drug-likeness (QED) is 0.221. The predicted molar refractivity (Wildman–Crippen MR) is 142 cm³/mol. The van der Waals surface area contributed by atoms with Crippen LogP contribution in [0.25, 0.3) is 6.08 Å². The van der Waals surface area contributed by atoms with Crippen molar-refractivity contribution in [3.63, 3.8) is 0 Å². The Morgan fingerprint density at radius 1 is 1.06 bits per heavy atom. The minimum Gasteiger partial charge on any atom is -0.488 e. The highest BCUT2D eigenvalue weighted by Gasteiger charge is 2.34. The molecule has 0 spiro atoms. The van der Waals surface area contributed by atoms with E-state index in [1.807, 2.05) is 24.3 Å². The van der Waals surface area contributed by atoms with Crippen molar-refractivity contribution in [3.05, 3.63) is 97.9 Å². The second kappa shape index (κ2) is 10.5. The number of nitrogens with zero attached hydrogens (tertiary/aromatic N) is 1. The molecule has 1 heterocycles. The lowest BCUT2D eigenvalue weighted by Gasteiger charge is -2.29. The van der Waals surface area contributed by atoms with E-state index in [1.54, 1.807) is 24.3 Å². The topological polar surface area (TPSA) is 95.9 Å². The lowest BCUT2D eigenvalue weighted by atomic mass is 10.1. The molecular weight excluding hydrogens is 600 g/mol. The third kappa shape index (κ3) is 5.67. The molecular formula is C25H16Br2N2O5S. The van der Waals surface area contributed by atoms with Crippen LogP contribution >= 0.6 is 44.1 Å². The SMILES string of the molecule is O=C1NC(=S)N(c2cccc(C(=O)O)c2)C(=O)C1=Cc1ccc(OCc2ccc(Br)cc2)c(Br)c1. The standard InChI is InChI=1S/C25H16Br2N2O5S/c26-17-7-4-14(5-8-17)13-34-21-9-6-15(11-20(21)27)10-19-22(30)28-25(35)29(23(19)31)18-3-1-2-16(12-18)24(32)33/h1-12H,13H2,(H,32,33)(H,28,30,35). The summed E-state index contributed by atoms with van der Waals surface area (Å²) in [6.07, 6.45) is 1.44. The number of thiocarbonyl (C=S) groups is 1. The van der Waals surface area contributed by atoms with Crippen LogP contribution in [0.2, 0.25) is 0 Å². The molecule has 0 unspecified atom stereocenters. The fourth-order valence-corrected chi connectivity index (χ4v) is 4.36. The van der Waals surface area contributed by atoms with Gasteiger partial charge in [-0.15, -0.1) is 0 Å². The average Bonchev–Trinajstić information content (AvgIpc) is 2.82. The van der Waals surface area contributed by atoms with Gasteiger partial charge in [-0.1, -0.05) is 40.2 Å². The first-order valence-corrected chi connectivity index (χ1v) is 12.1. The van der Waals surface area contributed by atoms with Gasteiger partial charge in [0.15, 0.2) is 5.11 Å². The van der Waals surface area contributed by atoms with Gasteiger partial charge >= 0.3 is 5.97 Å². The van der Waals surface area contributed by atoms with Gasteiger partial charge < -0.3 is 9.84 Å². The molecule has 1 aliphatic heterocycles. The van der Waals surface area contributed by atoms with Gasteiger partial charge in [0.2, 0.25) is 0 Å². The predicted octanol–water partition coefficient (Wildman–Crippen LogP) is 5.32. The lowest BCUT2D eigenvalue weighted by Crippen LogP contribution is -2.54. The molecule has 10 heteroatoms. The van der Waals surface area contributed by atoms with Gasteiger partial charge in [-0.3, -0.25) is 19.8 Å². The van der Waals surface area contributed by atoms with Gasteiger partial charge in [0.25, 0.3) is 11.8 Å². The number of nitrogens with one attached hydrogen (secondary N) is 1. The van der Waals surface area contributed by atoms with E-state index in [0.717, 1.165) is 14.9 Å². The van der Waals surface area contributed by atoms with Crippen molar-refractivity contribution in [3.8, 4) is 5.75 Å². The number of aromatic carboxylic acids is 1. The zero-order chi connectivity index (χ0) is 25.1. The number of benzene rings is 3. The highest BCUT2D eigenvalue weighted by molar-refractivity contribution is 9.10. The zero-order valence-electron chi connectivity index (χ0n) is 17.8. The molecule has 1 fully saturated rings. The van der Waals surface area contributed by atoms with Gasteiger partial charge in [0, 0.05) is 4.47 Å². The fraction of sp³-hybridized carbons (Fsp3) is 0.0400. The average molecular weight is 616 g/mol. The van der Waals surface area contributed by atoms with E-state index < -0.39 is 17.8 Å². The summed E-state index contributed by atoms with van der Waals surface area (Å²) in [7, 11) is 0. The number of rotatable bonds is 6. The summed E-state index contributed by atoms with van der Waals surface area (Å²) in [6, 6.07) is 18.7. The molecule has 2 amide bonds. The number of ether oxygens (including phenoxy) is 1. The molecule has 3 aromatic carbocycles. The Morgan fingerprint density at radius 3 is 2.49 bits per heavy atom. The van der Waals surface area contributed by atoms with E-state index in [4.69, 9.17) is 17.0 Å². The first-order chi connectivity index (χ1) is 16.7. The van der Waals surface area contributed by atoms with Crippen molar-refractivity contribution in [1.82, 2.24) is 5.32 Å². The summed E-state index contributed by atoms with van der Waals surface area (Å²) >= 11 is 12.0. The minimum absolute atomic E-state index is 0.0109. The van der Waals surface area contributed by atoms with E-state index in [0.29, 0.717) is 22.4 Å². The molecule has 0 atom stereocenters. The van der Waals surface area contributed by atoms with Crippen molar-refractivity contribution >= 4 is 78.7 Å². The number of carboxylic acid groups (broad SMARTS) is 1. The number of halogens is 2. The van der Waals surface area contributed by atoms with Crippen molar-refractivity contribution in [2.24, 2.45) is 0 Å². The van der Waals surface area contributed by atoms with Crippen LogP contribution in [-0.2, 0) is 16.2 Å². The molecule has 0 aromatic heterocycles. The molecule has 2 N–H and O–H groups in total. The number of carbonyl (C=O) groups excluding carboxylic acids is 2. The largest absolute Gasteiger partial charge is 0.488 e. The molecule has 1 saturated heterocycles. The molecule has 176 valence electrons. The maximum Gasteiger partial charge on any atom is 0.335 e. The smallest absolute Gasteiger partial charge is 0.335 e. The molecule has 0 radical (unpaired) electrons. The summed E-state index contributed by atoms with van der Waals surface area (Å²) in [6.45, 7) is 0.370. The molecule has 7 nitrogen and oxygen atoms in total. The Hall–Kier alpha value is -3.34. The third-order valence-corrected chi connectivity index (χ3v) is 6.46. The summed E-state index contributed by atoms with van der Waals surface area (Å²) in [5.74, 6) is -1.84. The molecule has 0 bridgehead atoms. The van der Waals surface area contributed by atoms with Crippen molar-refractivity contribution < 1.29 is 24.2 Å². The molecule has 1 aliphatic rings. The number of anilines is 1. The van der Waals surface area contributed by atoms with Crippen LogP contribution < -0.4 is 15.0 Å². The van der Waals surface area contributed by atoms with Gasteiger partial charge in [-0.2, -0.15) is 0 Å². The van der Waals surface area contributed by atoms with Gasteiger partial charge in [0.1, 0.15) is 17.9 Å². The van der Waals surface area contributed by atoms with Crippen molar-refractivity contribution in [1.29, 1.82) is 0 Å². The van der Waals surface area contributed by atoms with Gasteiger partial charge in [0.05, 0.1) is 15.7 Å². The van der Waals surface area contributed by atoms with E-state index >= 15 is 0 Å². The van der Waals surface area contributed by atoms with Gasteiger partial charge in [-0.05, 0) is 87.8 Å². The molecule has 35 heavy (non-hydrogen) atoms.